The van der Waals surface area contributed by atoms with E-state index in [0.717, 1.165) is 11.5 Å². The Morgan fingerprint density at radius 2 is 1.83 bits per heavy atom. The summed E-state index contributed by atoms with van der Waals surface area (Å²) in [4.78, 5) is 0. The molecule has 0 unspecified atom stereocenters. The van der Waals surface area contributed by atoms with E-state index in [1.807, 2.05) is 19.9 Å². The predicted octanol–water partition coefficient (Wildman–Crippen LogP) is 2.00. The molecule has 12 heavy (non-hydrogen) atoms. The van der Waals surface area contributed by atoms with Gasteiger partial charge in [-0.3, -0.25) is 0 Å². The standard InChI is InChI=1S/C5H7NO.Cl2O2S/c1-4-3-5(2)7-6-4;1-5(2,3)4/h3H,1-2H3;. The summed E-state index contributed by atoms with van der Waals surface area (Å²) in [6.07, 6.45) is 0. The van der Waals surface area contributed by atoms with Crippen LogP contribution in [-0.2, 0) is 8.26 Å². The number of aromatic nitrogens is 1. The van der Waals surface area contributed by atoms with E-state index in [9.17, 15) is 0 Å². The molecule has 0 amide bonds. The highest BCUT2D eigenvalue weighted by Crippen LogP contribution is 1.98. The smallest absolute Gasteiger partial charge is 0.317 e. The maximum absolute atomic E-state index is 9.16. The zero-order valence-corrected chi connectivity index (χ0v) is 8.74. The summed E-state index contributed by atoms with van der Waals surface area (Å²) in [5.74, 6) is 0.873. The van der Waals surface area contributed by atoms with Gasteiger partial charge in [-0.2, -0.15) is 8.42 Å². The predicted molar refractivity (Wildman–Crippen MR) is 46.6 cm³/mol. The molecule has 0 aliphatic heterocycles. The van der Waals surface area contributed by atoms with Gasteiger partial charge < -0.3 is 4.52 Å². The van der Waals surface area contributed by atoms with E-state index in [1.165, 1.54) is 0 Å². The lowest BCUT2D eigenvalue weighted by molar-refractivity contribution is 0.393. The highest BCUT2D eigenvalue weighted by molar-refractivity contribution is 8.31. The summed E-state index contributed by atoms with van der Waals surface area (Å²) >= 11 is 0. The number of hydrogen-bond donors (Lipinski definition) is 0. The lowest BCUT2D eigenvalue weighted by atomic mass is 10.4. The average molecular weight is 232 g/mol. The fourth-order valence-corrected chi connectivity index (χ4v) is 0.491. The van der Waals surface area contributed by atoms with Crippen LogP contribution in [0.2, 0.25) is 0 Å². The Morgan fingerprint density at radius 1 is 1.42 bits per heavy atom. The summed E-state index contributed by atoms with van der Waals surface area (Å²) in [7, 11) is 4.81. The third kappa shape index (κ3) is 9.74. The van der Waals surface area contributed by atoms with Crippen LogP contribution in [0, 0.1) is 13.8 Å². The molecule has 70 valence electrons. The molecule has 0 radical (unpaired) electrons. The van der Waals surface area contributed by atoms with E-state index in [-0.39, 0.29) is 0 Å². The van der Waals surface area contributed by atoms with Crippen molar-refractivity contribution in [3.8, 4) is 0 Å². The van der Waals surface area contributed by atoms with Crippen LogP contribution in [0.5, 0.6) is 0 Å². The van der Waals surface area contributed by atoms with Crippen molar-refractivity contribution in [2.45, 2.75) is 13.8 Å². The Kier molecular flexibility index (Phi) is 4.59. The fourth-order valence-electron chi connectivity index (χ4n) is 0.491. The van der Waals surface area contributed by atoms with Gasteiger partial charge >= 0.3 is 8.26 Å². The van der Waals surface area contributed by atoms with Crippen LogP contribution in [0.4, 0.5) is 0 Å². The second-order valence-corrected chi connectivity index (χ2v) is 5.63. The number of rotatable bonds is 0. The minimum Gasteiger partial charge on any atom is -0.361 e. The number of halogens is 2. The van der Waals surface area contributed by atoms with Crippen molar-refractivity contribution < 1.29 is 12.9 Å². The van der Waals surface area contributed by atoms with Gasteiger partial charge in [0.25, 0.3) is 0 Å². The summed E-state index contributed by atoms with van der Waals surface area (Å²) in [6, 6.07) is 1.89. The van der Waals surface area contributed by atoms with Crippen LogP contribution >= 0.6 is 21.4 Å². The topological polar surface area (TPSA) is 60.2 Å². The molecular weight excluding hydrogens is 225 g/mol. The molecule has 0 fully saturated rings. The van der Waals surface area contributed by atoms with E-state index in [4.69, 9.17) is 12.9 Å². The van der Waals surface area contributed by atoms with Gasteiger partial charge in [0, 0.05) is 27.4 Å². The zero-order chi connectivity index (χ0) is 9.78. The Morgan fingerprint density at radius 3 is 1.92 bits per heavy atom. The molecule has 0 aromatic carbocycles. The molecule has 7 heteroatoms. The van der Waals surface area contributed by atoms with Crippen molar-refractivity contribution in [3.05, 3.63) is 17.5 Å². The largest absolute Gasteiger partial charge is 0.361 e. The maximum atomic E-state index is 9.16. The Hall–Kier alpha value is -0.260. The van der Waals surface area contributed by atoms with Crippen LogP contribution in [0.1, 0.15) is 11.5 Å². The first-order valence-electron chi connectivity index (χ1n) is 2.83. The zero-order valence-electron chi connectivity index (χ0n) is 6.41. The third-order valence-corrected chi connectivity index (χ3v) is 0.746. The highest BCUT2D eigenvalue weighted by atomic mass is 36.0. The second-order valence-electron chi connectivity index (χ2n) is 1.96. The first-order valence-corrected chi connectivity index (χ1v) is 5.97. The summed E-state index contributed by atoms with van der Waals surface area (Å²) in [5.41, 5.74) is 0.942. The molecule has 0 saturated heterocycles. The number of aryl methyl sites for hydroxylation is 2. The summed E-state index contributed by atoms with van der Waals surface area (Å²) < 4.78 is 23.0. The number of hydrogen-bond acceptors (Lipinski definition) is 4. The summed E-state index contributed by atoms with van der Waals surface area (Å²) in [5, 5.41) is 3.64. The molecule has 1 rings (SSSR count). The molecule has 0 bridgehead atoms. The van der Waals surface area contributed by atoms with Crippen LogP contribution in [0.15, 0.2) is 10.6 Å². The lowest BCUT2D eigenvalue weighted by Gasteiger charge is -1.65. The van der Waals surface area contributed by atoms with Crippen LogP contribution in [0.3, 0.4) is 0 Å². The second kappa shape index (κ2) is 4.69. The van der Waals surface area contributed by atoms with Gasteiger partial charge in [0.05, 0.1) is 5.69 Å². The van der Waals surface area contributed by atoms with Gasteiger partial charge in [0.2, 0.25) is 0 Å². The van der Waals surface area contributed by atoms with Gasteiger partial charge in [0.15, 0.2) is 0 Å². The van der Waals surface area contributed by atoms with Gasteiger partial charge in [-0.25, -0.2) is 0 Å². The van der Waals surface area contributed by atoms with Crippen molar-refractivity contribution in [2.75, 3.05) is 0 Å². The first kappa shape index (κ1) is 11.7. The third-order valence-electron chi connectivity index (χ3n) is 0.746. The normalized spacial score (nSPS) is 10.3. The van der Waals surface area contributed by atoms with Crippen LogP contribution < -0.4 is 0 Å². The fraction of sp³-hybridized carbons (Fsp3) is 0.400. The van der Waals surface area contributed by atoms with Gasteiger partial charge in [0.1, 0.15) is 5.76 Å². The van der Waals surface area contributed by atoms with Crippen LogP contribution in [0.25, 0.3) is 0 Å². The Balaban J connectivity index is 0.000000217. The first-order chi connectivity index (χ1) is 5.29. The Labute approximate surface area is 79.4 Å². The van der Waals surface area contributed by atoms with E-state index < -0.39 is 8.26 Å². The molecule has 1 aromatic heterocycles. The van der Waals surface area contributed by atoms with Crippen molar-refractivity contribution >= 4 is 29.6 Å². The average Bonchev–Trinajstić information content (AvgIpc) is 2.09. The van der Waals surface area contributed by atoms with E-state index in [1.54, 1.807) is 0 Å². The minimum absolute atomic E-state index is 0.873. The van der Waals surface area contributed by atoms with Crippen molar-refractivity contribution in [1.82, 2.24) is 5.16 Å². The molecule has 0 spiro atoms. The monoisotopic (exact) mass is 231 g/mol. The molecule has 0 aliphatic rings. The van der Waals surface area contributed by atoms with Gasteiger partial charge in [-0.1, -0.05) is 5.16 Å². The molecule has 0 atom stereocenters. The van der Waals surface area contributed by atoms with Crippen molar-refractivity contribution in [2.24, 2.45) is 0 Å². The highest BCUT2D eigenvalue weighted by Gasteiger charge is 1.89. The van der Waals surface area contributed by atoms with E-state index in [2.05, 4.69) is 26.5 Å². The van der Waals surface area contributed by atoms with E-state index >= 15 is 0 Å². The van der Waals surface area contributed by atoms with Crippen molar-refractivity contribution in [3.63, 3.8) is 0 Å². The Bertz CT molecular complexity index is 308. The quantitative estimate of drug-likeness (QED) is 0.642. The van der Waals surface area contributed by atoms with Crippen molar-refractivity contribution in [1.29, 1.82) is 0 Å². The lowest BCUT2D eigenvalue weighted by Crippen LogP contribution is -1.63. The maximum Gasteiger partial charge on any atom is 0.317 e. The SMILES string of the molecule is Cc1cc(C)on1.O=S(=O)(Cl)Cl. The van der Waals surface area contributed by atoms with Gasteiger partial charge in [-0.15, -0.1) is 0 Å². The molecule has 1 aromatic rings. The minimum atomic E-state index is -3.72. The molecular formula is C5H7Cl2NO3S. The van der Waals surface area contributed by atoms with E-state index in [0.29, 0.717) is 0 Å². The molecule has 4 nitrogen and oxygen atoms in total. The molecule has 1 heterocycles. The van der Waals surface area contributed by atoms with Crippen LogP contribution in [-0.4, -0.2) is 13.6 Å². The number of nitrogens with zero attached hydrogens (tertiary/aromatic N) is 1. The summed E-state index contributed by atoms with van der Waals surface area (Å²) in [6.45, 7) is 3.77. The molecule has 0 saturated carbocycles. The van der Waals surface area contributed by atoms with Gasteiger partial charge in [-0.05, 0) is 13.8 Å². The molecule has 0 aliphatic carbocycles. The molecule has 0 N–H and O–H groups in total.